The lowest BCUT2D eigenvalue weighted by Crippen LogP contribution is -2.34. The maximum absolute atomic E-state index is 12.4. The first-order valence-corrected chi connectivity index (χ1v) is 12.1. The molecule has 3 atom stereocenters. The number of carboxylic acid groups (broad SMARTS) is 1. The zero-order valence-electron chi connectivity index (χ0n) is 19.9. The van der Waals surface area contributed by atoms with E-state index in [2.05, 4.69) is 34.9 Å². The molecular weight excluding hydrogens is 448 g/mol. The van der Waals surface area contributed by atoms with Crippen LogP contribution in [0.3, 0.4) is 0 Å². The van der Waals surface area contributed by atoms with E-state index in [1.807, 2.05) is 31.2 Å². The molecule has 0 radical (unpaired) electrons. The van der Waals surface area contributed by atoms with Crippen LogP contribution in [0.4, 0.5) is 4.79 Å². The molecule has 3 N–H and O–H groups in total. The molecule has 1 aliphatic heterocycles. The average molecular weight is 481 g/mol. The molecule has 0 aromatic heterocycles. The monoisotopic (exact) mass is 480 g/mol. The first-order valence-electron chi connectivity index (χ1n) is 12.1. The Bertz CT molecular complexity index is 1030. The van der Waals surface area contributed by atoms with Crippen LogP contribution in [0.1, 0.15) is 49.7 Å². The molecule has 1 heterocycles. The Morgan fingerprint density at radius 2 is 1.74 bits per heavy atom. The Morgan fingerprint density at radius 1 is 1.09 bits per heavy atom. The third kappa shape index (κ3) is 6.19. The highest BCUT2D eigenvalue weighted by atomic mass is 16.5. The quantitative estimate of drug-likeness (QED) is 0.478. The molecule has 0 saturated carbocycles. The lowest BCUT2D eigenvalue weighted by atomic mass is 9.98. The number of amides is 2. The fraction of sp³-hybridized carbons (Fsp3) is 0.444. The van der Waals surface area contributed by atoms with Crippen molar-refractivity contribution < 1.29 is 29.0 Å². The maximum atomic E-state index is 12.4. The SMILES string of the molecule is CC(CCCC(=O)NC[C@@H]1C[C@H](C(=O)O)CO1)NC(=O)OCC1c2ccccc2-c2ccccc21. The Kier molecular flexibility index (Phi) is 8.02. The molecule has 2 amide bonds. The zero-order chi connectivity index (χ0) is 24.8. The number of benzene rings is 2. The van der Waals surface area contributed by atoms with Gasteiger partial charge >= 0.3 is 12.1 Å². The number of rotatable bonds is 10. The summed E-state index contributed by atoms with van der Waals surface area (Å²) in [6.07, 6.45) is 1.27. The lowest BCUT2D eigenvalue weighted by Gasteiger charge is -2.17. The number of carbonyl (C=O) groups is 3. The summed E-state index contributed by atoms with van der Waals surface area (Å²) in [6.45, 7) is 2.66. The molecule has 0 bridgehead atoms. The van der Waals surface area contributed by atoms with Crippen molar-refractivity contribution in [3.63, 3.8) is 0 Å². The van der Waals surface area contributed by atoms with Gasteiger partial charge in [-0.05, 0) is 48.4 Å². The van der Waals surface area contributed by atoms with Crippen molar-refractivity contribution in [2.45, 2.75) is 50.7 Å². The normalized spacial score (nSPS) is 19.5. The summed E-state index contributed by atoms with van der Waals surface area (Å²) >= 11 is 0. The minimum atomic E-state index is -0.864. The van der Waals surface area contributed by atoms with Crippen LogP contribution < -0.4 is 10.6 Å². The van der Waals surface area contributed by atoms with Gasteiger partial charge in [0.15, 0.2) is 0 Å². The standard InChI is InChI=1S/C27H32N2O6/c1-17(7-6-12-25(30)28-14-19-13-18(15-34-19)26(31)32)29-27(33)35-16-24-22-10-4-2-8-20(22)21-9-3-5-11-23(21)24/h2-5,8-11,17-19,24H,6-7,12-16H2,1H3,(H,28,30)(H,29,33)(H,31,32)/t17?,18-,19-/m0/s1. The first kappa shape index (κ1) is 24.7. The molecule has 1 fully saturated rings. The summed E-state index contributed by atoms with van der Waals surface area (Å²) in [5.41, 5.74) is 4.71. The van der Waals surface area contributed by atoms with Crippen LogP contribution in [0.15, 0.2) is 48.5 Å². The number of nitrogens with one attached hydrogen (secondary N) is 2. The van der Waals surface area contributed by atoms with E-state index in [1.54, 1.807) is 0 Å². The Balaban J connectivity index is 1.14. The van der Waals surface area contributed by atoms with Crippen molar-refractivity contribution in [3.8, 4) is 11.1 Å². The fourth-order valence-electron chi connectivity index (χ4n) is 4.82. The number of aliphatic carboxylic acids is 1. The molecule has 1 aliphatic carbocycles. The second kappa shape index (κ2) is 11.4. The van der Waals surface area contributed by atoms with Crippen molar-refractivity contribution in [1.82, 2.24) is 10.6 Å². The molecule has 35 heavy (non-hydrogen) atoms. The van der Waals surface area contributed by atoms with Crippen molar-refractivity contribution in [2.75, 3.05) is 19.8 Å². The molecule has 1 unspecified atom stereocenters. The van der Waals surface area contributed by atoms with Gasteiger partial charge in [0.1, 0.15) is 6.61 Å². The molecule has 8 heteroatoms. The molecule has 2 aromatic carbocycles. The van der Waals surface area contributed by atoms with E-state index in [-0.39, 0.29) is 37.2 Å². The lowest BCUT2D eigenvalue weighted by molar-refractivity contribution is -0.141. The number of ether oxygens (including phenoxy) is 2. The summed E-state index contributed by atoms with van der Waals surface area (Å²) in [5, 5.41) is 14.6. The van der Waals surface area contributed by atoms with Gasteiger partial charge in [0.05, 0.1) is 18.6 Å². The highest BCUT2D eigenvalue weighted by Crippen LogP contribution is 2.44. The summed E-state index contributed by atoms with van der Waals surface area (Å²) in [4.78, 5) is 35.4. The van der Waals surface area contributed by atoms with E-state index in [0.29, 0.717) is 32.2 Å². The number of hydrogen-bond acceptors (Lipinski definition) is 5. The predicted octanol–water partition coefficient (Wildman–Crippen LogP) is 3.69. The molecular formula is C27H32N2O6. The van der Waals surface area contributed by atoms with Gasteiger partial charge < -0.3 is 25.2 Å². The molecule has 186 valence electrons. The highest BCUT2D eigenvalue weighted by molar-refractivity contribution is 5.79. The molecule has 2 aliphatic rings. The first-order chi connectivity index (χ1) is 16.9. The zero-order valence-corrected chi connectivity index (χ0v) is 19.9. The van der Waals surface area contributed by atoms with Gasteiger partial charge in [-0.15, -0.1) is 0 Å². The van der Waals surface area contributed by atoms with Crippen LogP contribution in [-0.2, 0) is 19.1 Å². The van der Waals surface area contributed by atoms with E-state index in [9.17, 15) is 14.4 Å². The molecule has 0 spiro atoms. The number of carboxylic acids is 1. The third-order valence-corrected chi connectivity index (χ3v) is 6.71. The largest absolute Gasteiger partial charge is 0.481 e. The van der Waals surface area contributed by atoms with E-state index in [1.165, 1.54) is 22.3 Å². The summed E-state index contributed by atoms with van der Waals surface area (Å²) in [7, 11) is 0. The van der Waals surface area contributed by atoms with E-state index in [4.69, 9.17) is 14.6 Å². The average Bonchev–Trinajstić information content (AvgIpc) is 3.45. The predicted molar refractivity (Wildman–Crippen MR) is 130 cm³/mol. The van der Waals surface area contributed by atoms with E-state index < -0.39 is 18.0 Å². The van der Waals surface area contributed by atoms with Crippen LogP contribution >= 0.6 is 0 Å². The number of hydrogen-bond donors (Lipinski definition) is 3. The van der Waals surface area contributed by atoms with Crippen LogP contribution in [0.5, 0.6) is 0 Å². The topological polar surface area (TPSA) is 114 Å². The number of alkyl carbamates (subject to hydrolysis) is 1. The maximum Gasteiger partial charge on any atom is 0.407 e. The van der Waals surface area contributed by atoms with Crippen molar-refractivity contribution in [2.24, 2.45) is 5.92 Å². The minimum Gasteiger partial charge on any atom is -0.481 e. The summed E-state index contributed by atoms with van der Waals surface area (Å²) in [5.74, 6) is -1.46. The Labute approximate surface area is 205 Å². The fourth-order valence-corrected chi connectivity index (χ4v) is 4.82. The molecule has 8 nitrogen and oxygen atoms in total. The van der Waals surface area contributed by atoms with E-state index >= 15 is 0 Å². The molecule has 4 rings (SSSR count). The minimum absolute atomic E-state index is 0.0155. The Morgan fingerprint density at radius 3 is 2.37 bits per heavy atom. The summed E-state index contributed by atoms with van der Waals surface area (Å²) < 4.78 is 11.0. The number of fused-ring (bicyclic) bond motifs is 3. The van der Waals surface area contributed by atoms with Crippen molar-refractivity contribution >= 4 is 18.0 Å². The number of carbonyl (C=O) groups excluding carboxylic acids is 2. The van der Waals surface area contributed by atoms with Gasteiger partial charge in [0.25, 0.3) is 0 Å². The Hall–Kier alpha value is -3.39. The van der Waals surface area contributed by atoms with Crippen LogP contribution in [0, 0.1) is 5.92 Å². The highest BCUT2D eigenvalue weighted by Gasteiger charge is 2.31. The molecule has 1 saturated heterocycles. The second-order valence-electron chi connectivity index (χ2n) is 9.29. The smallest absolute Gasteiger partial charge is 0.407 e. The van der Waals surface area contributed by atoms with Crippen LogP contribution in [-0.4, -0.2) is 55.0 Å². The van der Waals surface area contributed by atoms with E-state index in [0.717, 1.165) is 0 Å². The van der Waals surface area contributed by atoms with Gasteiger partial charge in [0, 0.05) is 24.9 Å². The van der Waals surface area contributed by atoms with Crippen LogP contribution in [0.25, 0.3) is 11.1 Å². The van der Waals surface area contributed by atoms with Gasteiger partial charge in [-0.1, -0.05) is 48.5 Å². The van der Waals surface area contributed by atoms with Crippen molar-refractivity contribution in [3.05, 3.63) is 59.7 Å². The second-order valence-corrected chi connectivity index (χ2v) is 9.29. The van der Waals surface area contributed by atoms with Gasteiger partial charge in [-0.3, -0.25) is 9.59 Å². The van der Waals surface area contributed by atoms with Gasteiger partial charge in [0.2, 0.25) is 5.91 Å². The van der Waals surface area contributed by atoms with Crippen LogP contribution in [0.2, 0.25) is 0 Å². The summed E-state index contributed by atoms with van der Waals surface area (Å²) in [6, 6.07) is 16.3. The third-order valence-electron chi connectivity index (χ3n) is 6.71. The van der Waals surface area contributed by atoms with Crippen molar-refractivity contribution in [1.29, 1.82) is 0 Å². The van der Waals surface area contributed by atoms with Gasteiger partial charge in [-0.2, -0.15) is 0 Å². The van der Waals surface area contributed by atoms with Gasteiger partial charge in [-0.25, -0.2) is 4.79 Å². The molecule has 2 aromatic rings.